The monoisotopic (exact) mass is 254 g/mol. The zero-order valence-electron chi connectivity index (χ0n) is 12.2. The molecule has 2 heterocycles. The highest BCUT2D eigenvalue weighted by molar-refractivity contribution is 4.84. The SMILES string of the molecule is CCCCN(CC1CCCN1)C(C)C1CCOC1. The molecule has 2 aliphatic rings. The minimum Gasteiger partial charge on any atom is -0.381 e. The van der Waals surface area contributed by atoms with Gasteiger partial charge in [-0.2, -0.15) is 0 Å². The molecule has 0 aromatic carbocycles. The van der Waals surface area contributed by atoms with Crippen LogP contribution in [-0.2, 0) is 4.74 Å². The standard InChI is InChI=1S/C15H30N2O/c1-3-4-9-17(11-15-6-5-8-16-15)13(2)14-7-10-18-12-14/h13-16H,3-12H2,1-2H3. The second-order valence-corrected chi connectivity index (χ2v) is 6.01. The summed E-state index contributed by atoms with van der Waals surface area (Å²) >= 11 is 0. The second kappa shape index (κ2) is 7.46. The maximum absolute atomic E-state index is 5.56. The van der Waals surface area contributed by atoms with E-state index in [1.54, 1.807) is 0 Å². The summed E-state index contributed by atoms with van der Waals surface area (Å²) in [7, 11) is 0. The average molecular weight is 254 g/mol. The van der Waals surface area contributed by atoms with E-state index in [4.69, 9.17) is 4.74 Å². The van der Waals surface area contributed by atoms with Gasteiger partial charge in [0.15, 0.2) is 0 Å². The van der Waals surface area contributed by atoms with Crippen molar-refractivity contribution in [1.82, 2.24) is 10.2 Å². The molecule has 0 aromatic rings. The third-order valence-corrected chi connectivity index (χ3v) is 4.64. The van der Waals surface area contributed by atoms with Gasteiger partial charge in [0.2, 0.25) is 0 Å². The van der Waals surface area contributed by atoms with E-state index in [1.165, 1.54) is 51.7 Å². The molecule has 0 amide bonds. The van der Waals surface area contributed by atoms with Crippen molar-refractivity contribution in [2.45, 2.75) is 58.0 Å². The molecular weight excluding hydrogens is 224 g/mol. The van der Waals surface area contributed by atoms with Gasteiger partial charge in [0.1, 0.15) is 0 Å². The highest BCUT2D eigenvalue weighted by Crippen LogP contribution is 2.22. The number of hydrogen-bond acceptors (Lipinski definition) is 3. The van der Waals surface area contributed by atoms with Crippen LogP contribution in [0.4, 0.5) is 0 Å². The van der Waals surface area contributed by atoms with Crippen LogP contribution in [0.25, 0.3) is 0 Å². The summed E-state index contributed by atoms with van der Waals surface area (Å²) in [6.07, 6.45) is 6.58. The van der Waals surface area contributed by atoms with Gasteiger partial charge in [-0.15, -0.1) is 0 Å². The lowest BCUT2D eigenvalue weighted by Crippen LogP contribution is -2.45. The Morgan fingerprint density at radius 1 is 1.39 bits per heavy atom. The lowest BCUT2D eigenvalue weighted by Gasteiger charge is -2.34. The Kier molecular flexibility index (Phi) is 5.93. The molecule has 0 radical (unpaired) electrons. The summed E-state index contributed by atoms with van der Waals surface area (Å²) in [6, 6.07) is 1.41. The number of nitrogens with zero attached hydrogens (tertiary/aromatic N) is 1. The number of hydrogen-bond donors (Lipinski definition) is 1. The Morgan fingerprint density at radius 3 is 2.89 bits per heavy atom. The van der Waals surface area contributed by atoms with Crippen molar-refractivity contribution in [3.8, 4) is 0 Å². The van der Waals surface area contributed by atoms with Gasteiger partial charge >= 0.3 is 0 Å². The predicted octanol–water partition coefficient (Wildman–Crippen LogP) is 2.27. The Labute approximate surface area is 112 Å². The molecule has 2 aliphatic heterocycles. The van der Waals surface area contributed by atoms with E-state index in [-0.39, 0.29) is 0 Å². The molecular formula is C15H30N2O. The molecule has 0 spiro atoms. The molecule has 0 aliphatic carbocycles. The first kappa shape index (κ1) is 14.3. The van der Waals surface area contributed by atoms with Gasteiger partial charge in [0, 0.05) is 25.2 Å². The molecule has 2 fully saturated rings. The first-order chi connectivity index (χ1) is 8.81. The summed E-state index contributed by atoms with van der Waals surface area (Å²) < 4.78 is 5.56. The molecule has 2 saturated heterocycles. The van der Waals surface area contributed by atoms with Gasteiger partial charge in [-0.1, -0.05) is 13.3 Å². The molecule has 0 aromatic heterocycles. The van der Waals surface area contributed by atoms with Crippen LogP contribution in [0.2, 0.25) is 0 Å². The van der Waals surface area contributed by atoms with Crippen LogP contribution in [0, 0.1) is 5.92 Å². The van der Waals surface area contributed by atoms with Crippen LogP contribution >= 0.6 is 0 Å². The van der Waals surface area contributed by atoms with Crippen LogP contribution in [0.3, 0.4) is 0 Å². The van der Waals surface area contributed by atoms with E-state index in [0.717, 1.165) is 25.2 Å². The van der Waals surface area contributed by atoms with E-state index in [2.05, 4.69) is 24.1 Å². The Balaban J connectivity index is 1.85. The van der Waals surface area contributed by atoms with Gasteiger partial charge in [-0.3, -0.25) is 4.90 Å². The van der Waals surface area contributed by atoms with E-state index < -0.39 is 0 Å². The lowest BCUT2D eigenvalue weighted by molar-refractivity contribution is 0.119. The molecule has 3 heteroatoms. The quantitative estimate of drug-likeness (QED) is 0.754. The molecule has 3 unspecified atom stereocenters. The Morgan fingerprint density at radius 2 is 2.28 bits per heavy atom. The van der Waals surface area contributed by atoms with Gasteiger partial charge in [0.05, 0.1) is 6.61 Å². The maximum Gasteiger partial charge on any atom is 0.0509 e. The van der Waals surface area contributed by atoms with Crippen molar-refractivity contribution in [2.75, 3.05) is 32.8 Å². The maximum atomic E-state index is 5.56. The average Bonchev–Trinajstić information content (AvgIpc) is 3.06. The third kappa shape index (κ3) is 3.94. The van der Waals surface area contributed by atoms with Gasteiger partial charge in [0.25, 0.3) is 0 Å². The van der Waals surface area contributed by atoms with Crippen molar-refractivity contribution >= 4 is 0 Å². The smallest absolute Gasteiger partial charge is 0.0509 e. The van der Waals surface area contributed by atoms with Crippen molar-refractivity contribution in [2.24, 2.45) is 5.92 Å². The van der Waals surface area contributed by atoms with Crippen LogP contribution in [0.15, 0.2) is 0 Å². The van der Waals surface area contributed by atoms with E-state index in [0.29, 0.717) is 6.04 Å². The van der Waals surface area contributed by atoms with Gasteiger partial charge in [-0.25, -0.2) is 0 Å². The molecule has 2 rings (SSSR count). The van der Waals surface area contributed by atoms with Crippen LogP contribution in [-0.4, -0.2) is 49.8 Å². The minimum absolute atomic E-state index is 0.682. The van der Waals surface area contributed by atoms with Gasteiger partial charge in [-0.05, 0) is 51.6 Å². The number of nitrogens with one attached hydrogen (secondary N) is 1. The largest absolute Gasteiger partial charge is 0.381 e. The first-order valence-corrected chi connectivity index (χ1v) is 7.86. The number of ether oxygens (including phenoxy) is 1. The summed E-state index contributed by atoms with van der Waals surface area (Å²) in [5, 5.41) is 3.64. The van der Waals surface area contributed by atoms with Crippen LogP contribution in [0.1, 0.15) is 46.0 Å². The second-order valence-electron chi connectivity index (χ2n) is 6.01. The third-order valence-electron chi connectivity index (χ3n) is 4.64. The van der Waals surface area contributed by atoms with Crippen molar-refractivity contribution in [3.63, 3.8) is 0 Å². The van der Waals surface area contributed by atoms with E-state index >= 15 is 0 Å². The number of rotatable bonds is 7. The molecule has 1 N–H and O–H groups in total. The fraction of sp³-hybridized carbons (Fsp3) is 1.00. The molecule has 3 atom stereocenters. The zero-order chi connectivity index (χ0) is 12.8. The van der Waals surface area contributed by atoms with Crippen molar-refractivity contribution in [1.29, 1.82) is 0 Å². The predicted molar refractivity (Wildman–Crippen MR) is 75.9 cm³/mol. The van der Waals surface area contributed by atoms with Gasteiger partial charge < -0.3 is 10.1 Å². The fourth-order valence-electron chi connectivity index (χ4n) is 3.25. The Bertz CT molecular complexity index is 223. The normalized spacial score (nSPS) is 30.2. The molecule has 0 saturated carbocycles. The van der Waals surface area contributed by atoms with E-state index in [1.807, 2.05) is 0 Å². The fourth-order valence-corrected chi connectivity index (χ4v) is 3.25. The van der Waals surface area contributed by atoms with Crippen LogP contribution < -0.4 is 5.32 Å². The summed E-state index contributed by atoms with van der Waals surface area (Å²) in [5.74, 6) is 0.753. The molecule has 0 bridgehead atoms. The van der Waals surface area contributed by atoms with Crippen molar-refractivity contribution in [3.05, 3.63) is 0 Å². The summed E-state index contributed by atoms with van der Waals surface area (Å²) in [4.78, 5) is 2.71. The first-order valence-electron chi connectivity index (χ1n) is 7.86. The van der Waals surface area contributed by atoms with Crippen LogP contribution in [0.5, 0.6) is 0 Å². The molecule has 3 nitrogen and oxygen atoms in total. The summed E-state index contributed by atoms with van der Waals surface area (Å²) in [5.41, 5.74) is 0. The zero-order valence-corrected chi connectivity index (χ0v) is 12.2. The lowest BCUT2D eigenvalue weighted by atomic mass is 9.98. The minimum atomic E-state index is 0.682. The van der Waals surface area contributed by atoms with Crippen molar-refractivity contribution < 1.29 is 4.74 Å². The molecule has 106 valence electrons. The van der Waals surface area contributed by atoms with E-state index in [9.17, 15) is 0 Å². The topological polar surface area (TPSA) is 24.5 Å². The highest BCUT2D eigenvalue weighted by Gasteiger charge is 2.28. The Hall–Kier alpha value is -0.120. The summed E-state index contributed by atoms with van der Waals surface area (Å²) in [6.45, 7) is 10.3. The highest BCUT2D eigenvalue weighted by atomic mass is 16.5. The number of unbranched alkanes of at least 4 members (excludes halogenated alkanes) is 1. The molecule has 18 heavy (non-hydrogen) atoms.